The van der Waals surface area contributed by atoms with E-state index in [9.17, 15) is 0 Å². The Bertz CT molecular complexity index is 1060. The SMILES string of the molecule is CCc1cc(CC)c(NC(C)CN(Cc2ccccn2)CC(C)Nc2c(CC)cc(CC)cc2CC)c(CC)c1. The number of nitrogens with one attached hydrogen (secondary N) is 2. The number of benzene rings is 2. The Hall–Kier alpha value is -2.85. The van der Waals surface area contributed by atoms with Crippen molar-refractivity contribution in [1.29, 1.82) is 0 Å². The zero-order valence-corrected chi connectivity index (χ0v) is 26.5. The molecule has 0 aliphatic rings. The first-order chi connectivity index (χ1) is 19.3. The molecule has 0 saturated carbocycles. The smallest absolute Gasteiger partial charge is 0.0543 e. The standard InChI is InChI=1S/C36H54N4/c1-9-28-19-30(11-3)35(31(12-4)20-28)38-26(7)23-40(25-34-17-15-16-18-37-34)24-27(8)39-36-32(13-5)21-29(10-2)22-33(36)14-6/h15-22,26-27,38-39H,9-14,23-25H2,1-8H3. The van der Waals surface area contributed by atoms with Gasteiger partial charge in [-0.05, 0) is 97.9 Å². The van der Waals surface area contributed by atoms with Gasteiger partial charge in [-0.1, -0.05) is 71.9 Å². The summed E-state index contributed by atoms with van der Waals surface area (Å²) in [7, 11) is 0. The third-order valence-corrected chi connectivity index (χ3v) is 8.02. The maximum Gasteiger partial charge on any atom is 0.0543 e. The van der Waals surface area contributed by atoms with E-state index in [0.717, 1.165) is 63.9 Å². The molecule has 0 bridgehead atoms. The number of anilines is 2. The predicted octanol–water partition coefficient (Wildman–Crippen LogP) is 8.26. The fourth-order valence-corrected chi connectivity index (χ4v) is 5.86. The van der Waals surface area contributed by atoms with Crippen molar-refractivity contribution in [2.24, 2.45) is 0 Å². The van der Waals surface area contributed by atoms with Crippen LogP contribution in [-0.4, -0.2) is 35.1 Å². The van der Waals surface area contributed by atoms with Gasteiger partial charge in [0.05, 0.1) is 5.69 Å². The van der Waals surface area contributed by atoms with Crippen molar-refractivity contribution in [3.63, 3.8) is 0 Å². The number of hydrogen-bond acceptors (Lipinski definition) is 4. The van der Waals surface area contributed by atoms with Gasteiger partial charge in [0.1, 0.15) is 0 Å². The summed E-state index contributed by atoms with van der Waals surface area (Å²) < 4.78 is 0. The van der Waals surface area contributed by atoms with E-state index >= 15 is 0 Å². The molecule has 0 amide bonds. The summed E-state index contributed by atoms with van der Waals surface area (Å²) in [6, 6.07) is 16.4. The molecule has 2 atom stereocenters. The van der Waals surface area contributed by atoms with Crippen LogP contribution in [0.5, 0.6) is 0 Å². The largest absolute Gasteiger partial charge is 0.381 e. The average Bonchev–Trinajstić information content (AvgIpc) is 2.97. The van der Waals surface area contributed by atoms with Crippen molar-refractivity contribution in [3.8, 4) is 0 Å². The van der Waals surface area contributed by atoms with Gasteiger partial charge in [-0.3, -0.25) is 9.88 Å². The van der Waals surface area contributed by atoms with E-state index in [1.54, 1.807) is 0 Å². The summed E-state index contributed by atoms with van der Waals surface area (Å²) in [4.78, 5) is 7.23. The number of hydrogen-bond donors (Lipinski definition) is 2. The van der Waals surface area contributed by atoms with Crippen LogP contribution in [0.4, 0.5) is 11.4 Å². The topological polar surface area (TPSA) is 40.2 Å². The summed E-state index contributed by atoms with van der Waals surface area (Å²) in [6.45, 7) is 21.0. The van der Waals surface area contributed by atoms with Gasteiger partial charge in [-0.25, -0.2) is 0 Å². The Balaban J connectivity index is 1.81. The van der Waals surface area contributed by atoms with Gasteiger partial charge < -0.3 is 10.6 Å². The van der Waals surface area contributed by atoms with Gasteiger partial charge in [0.25, 0.3) is 0 Å². The highest BCUT2D eigenvalue weighted by Gasteiger charge is 2.19. The third-order valence-electron chi connectivity index (χ3n) is 8.02. The minimum absolute atomic E-state index is 0.306. The van der Waals surface area contributed by atoms with Crippen LogP contribution in [0, 0.1) is 0 Å². The second-order valence-electron chi connectivity index (χ2n) is 11.3. The van der Waals surface area contributed by atoms with Gasteiger partial charge in [-0.2, -0.15) is 0 Å². The summed E-state index contributed by atoms with van der Waals surface area (Å²) in [5.74, 6) is 0. The average molecular weight is 543 g/mol. The predicted molar refractivity (Wildman–Crippen MR) is 175 cm³/mol. The molecule has 218 valence electrons. The molecule has 0 spiro atoms. The second-order valence-corrected chi connectivity index (χ2v) is 11.3. The Morgan fingerprint density at radius 1 is 0.625 bits per heavy atom. The molecule has 1 heterocycles. The lowest BCUT2D eigenvalue weighted by Crippen LogP contribution is -2.41. The van der Waals surface area contributed by atoms with Crippen LogP contribution in [0.3, 0.4) is 0 Å². The van der Waals surface area contributed by atoms with E-state index in [2.05, 4.69) is 112 Å². The van der Waals surface area contributed by atoms with Crippen LogP contribution in [0.15, 0.2) is 48.7 Å². The molecule has 0 aliphatic heterocycles. The van der Waals surface area contributed by atoms with Gasteiger partial charge in [0.15, 0.2) is 0 Å². The lowest BCUT2D eigenvalue weighted by Gasteiger charge is -2.31. The Morgan fingerprint density at radius 3 is 1.38 bits per heavy atom. The van der Waals surface area contributed by atoms with Crippen LogP contribution < -0.4 is 10.6 Å². The molecule has 2 unspecified atom stereocenters. The lowest BCUT2D eigenvalue weighted by atomic mass is 9.97. The Kier molecular flexibility index (Phi) is 12.5. The van der Waals surface area contributed by atoms with E-state index in [4.69, 9.17) is 0 Å². The van der Waals surface area contributed by atoms with Crippen molar-refractivity contribution in [1.82, 2.24) is 9.88 Å². The molecule has 0 aliphatic carbocycles. The first kappa shape index (κ1) is 31.7. The van der Waals surface area contributed by atoms with E-state index in [1.165, 1.54) is 44.8 Å². The highest BCUT2D eigenvalue weighted by atomic mass is 15.2. The van der Waals surface area contributed by atoms with Gasteiger partial charge in [0.2, 0.25) is 0 Å². The molecular weight excluding hydrogens is 488 g/mol. The van der Waals surface area contributed by atoms with Crippen LogP contribution in [0.1, 0.15) is 94.5 Å². The van der Waals surface area contributed by atoms with E-state index < -0.39 is 0 Å². The first-order valence-corrected chi connectivity index (χ1v) is 15.8. The fraction of sp³-hybridized carbons (Fsp3) is 0.528. The van der Waals surface area contributed by atoms with Gasteiger partial charge in [0, 0.05) is 49.3 Å². The van der Waals surface area contributed by atoms with Crippen LogP contribution >= 0.6 is 0 Å². The molecule has 4 nitrogen and oxygen atoms in total. The van der Waals surface area contributed by atoms with Crippen molar-refractivity contribution in [2.45, 2.75) is 113 Å². The molecule has 2 N–H and O–H groups in total. The molecule has 0 fully saturated rings. The minimum atomic E-state index is 0.306. The molecule has 4 heteroatoms. The van der Waals surface area contributed by atoms with Crippen LogP contribution in [0.2, 0.25) is 0 Å². The summed E-state index contributed by atoms with van der Waals surface area (Å²) in [6.07, 6.45) is 8.26. The fourth-order valence-electron chi connectivity index (χ4n) is 5.86. The van der Waals surface area contributed by atoms with E-state index in [-0.39, 0.29) is 0 Å². The number of nitrogens with zero attached hydrogens (tertiary/aromatic N) is 2. The van der Waals surface area contributed by atoms with Crippen molar-refractivity contribution in [3.05, 3.63) is 87.7 Å². The minimum Gasteiger partial charge on any atom is -0.381 e. The molecule has 1 aromatic heterocycles. The quantitative estimate of drug-likeness (QED) is 0.191. The summed E-state index contributed by atoms with van der Waals surface area (Å²) in [5, 5.41) is 7.88. The molecule has 0 saturated heterocycles. The Labute approximate surface area is 245 Å². The number of pyridine rings is 1. The zero-order chi connectivity index (χ0) is 29.1. The maximum absolute atomic E-state index is 4.67. The highest BCUT2D eigenvalue weighted by Crippen LogP contribution is 2.28. The van der Waals surface area contributed by atoms with Crippen LogP contribution in [-0.2, 0) is 45.1 Å². The lowest BCUT2D eigenvalue weighted by molar-refractivity contribution is 0.247. The molecule has 40 heavy (non-hydrogen) atoms. The number of aromatic nitrogens is 1. The first-order valence-electron chi connectivity index (χ1n) is 15.8. The molecule has 3 aromatic rings. The molecule has 0 radical (unpaired) electrons. The summed E-state index contributed by atoms with van der Waals surface area (Å²) in [5.41, 5.74) is 12.4. The monoisotopic (exact) mass is 542 g/mol. The number of rotatable bonds is 16. The van der Waals surface area contributed by atoms with Gasteiger partial charge in [-0.15, -0.1) is 0 Å². The van der Waals surface area contributed by atoms with Crippen molar-refractivity contribution >= 4 is 11.4 Å². The maximum atomic E-state index is 4.67. The zero-order valence-electron chi connectivity index (χ0n) is 26.5. The second kappa shape index (κ2) is 15.8. The summed E-state index contributed by atoms with van der Waals surface area (Å²) >= 11 is 0. The van der Waals surface area contributed by atoms with Crippen molar-refractivity contribution < 1.29 is 0 Å². The van der Waals surface area contributed by atoms with E-state index in [0.29, 0.717) is 12.1 Å². The highest BCUT2D eigenvalue weighted by molar-refractivity contribution is 5.61. The molecule has 3 rings (SSSR count). The Morgan fingerprint density at radius 2 is 1.05 bits per heavy atom. The number of aryl methyl sites for hydroxylation is 6. The van der Waals surface area contributed by atoms with Crippen molar-refractivity contribution in [2.75, 3.05) is 23.7 Å². The molecule has 2 aromatic carbocycles. The molecular formula is C36H54N4. The van der Waals surface area contributed by atoms with Gasteiger partial charge >= 0.3 is 0 Å². The third kappa shape index (κ3) is 8.57. The normalized spacial score (nSPS) is 12.9. The van der Waals surface area contributed by atoms with Crippen LogP contribution in [0.25, 0.3) is 0 Å². The van der Waals surface area contributed by atoms with E-state index in [1.807, 2.05) is 12.3 Å².